The Hall–Kier alpha value is -2.72. The molecule has 1 heterocycles. The lowest BCUT2D eigenvalue weighted by molar-refractivity contribution is 0.187. The van der Waals surface area contributed by atoms with Crippen molar-refractivity contribution in [2.75, 3.05) is 17.7 Å². The van der Waals surface area contributed by atoms with Crippen LogP contribution in [0.25, 0.3) is 11.4 Å². The number of carbonyl (C=O) groups is 1. The Kier molecular flexibility index (Phi) is 6.56. The fourth-order valence-corrected chi connectivity index (χ4v) is 7.19. The van der Waals surface area contributed by atoms with Crippen LogP contribution < -0.4 is 16.4 Å². The normalized spacial score (nSPS) is 18.3. The first kappa shape index (κ1) is 24.4. The van der Waals surface area contributed by atoms with E-state index in [-0.39, 0.29) is 17.7 Å². The number of nitrogens with zero attached hydrogens (tertiary/aromatic N) is 2. The van der Waals surface area contributed by atoms with Crippen molar-refractivity contribution in [3.05, 3.63) is 36.0 Å². The molecule has 0 spiro atoms. The van der Waals surface area contributed by atoms with Gasteiger partial charge in [-0.15, -0.1) is 0 Å². The zero-order valence-electron chi connectivity index (χ0n) is 19.7. The summed E-state index contributed by atoms with van der Waals surface area (Å²) in [6.07, 6.45) is 5.55. The van der Waals surface area contributed by atoms with E-state index >= 15 is 0 Å². The van der Waals surface area contributed by atoms with Crippen molar-refractivity contribution in [2.45, 2.75) is 74.3 Å². The summed E-state index contributed by atoms with van der Waals surface area (Å²) < 4.78 is 26.1. The van der Waals surface area contributed by atoms with Crippen molar-refractivity contribution in [3.63, 3.8) is 0 Å². The number of rotatable bonds is 7. The van der Waals surface area contributed by atoms with Crippen molar-refractivity contribution < 1.29 is 18.3 Å². The molecule has 2 amide bonds. The quantitative estimate of drug-likeness (QED) is 0.468. The molecular formula is C24H33N5O4S. The molecule has 2 aromatic rings. The second-order valence-corrected chi connectivity index (χ2v) is 12.5. The number of nitrogen functional groups attached to an aromatic ring is 1. The Morgan fingerprint density at radius 2 is 1.79 bits per heavy atom. The van der Waals surface area contributed by atoms with Gasteiger partial charge in [0.15, 0.2) is 15.7 Å². The highest BCUT2D eigenvalue weighted by Crippen LogP contribution is 2.55. The van der Waals surface area contributed by atoms with Gasteiger partial charge in [0.2, 0.25) is 0 Å². The van der Waals surface area contributed by atoms with Crippen LogP contribution in [0, 0.1) is 0 Å². The number of aliphatic hydroxyl groups is 1. The molecule has 1 aromatic carbocycles. The summed E-state index contributed by atoms with van der Waals surface area (Å²) in [5, 5.41) is 14.4. The monoisotopic (exact) mass is 487 g/mol. The van der Waals surface area contributed by atoms with Crippen LogP contribution in [0.2, 0.25) is 0 Å². The van der Waals surface area contributed by atoms with Crippen LogP contribution in [0.1, 0.15) is 64.5 Å². The van der Waals surface area contributed by atoms with Gasteiger partial charge < -0.3 is 21.5 Å². The summed E-state index contributed by atoms with van der Waals surface area (Å²) >= 11 is 0. The van der Waals surface area contributed by atoms with E-state index in [0.29, 0.717) is 35.6 Å². The Morgan fingerprint density at radius 1 is 1.15 bits per heavy atom. The second kappa shape index (κ2) is 9.14. The number of hydrogen-bond acceptors (Lipinski definition) is 7. The van der Waals surface area contributed by atoms with Gasteiger partial charge in [-0.25, -0.2) is 23.2 Å². The molecule has 184 valence electrons. The maximum absolute atomic E-state index is 13.5. The van der Waals surface area contributed by atoms with Gasteiger partial charge >= 0.3 is 6.03 Å². The van der Waals surface area contributed by atoms with Gasteiger partial charge in [-0.05, 0) is 63.8 Å². The van der Waals surface area contributed by atoms with E-state index in [2.05, 4.69) is 20.6 Å². The summed E-state index contributed by atoms with van der Waals surface area (Å²) in [4.78, 5) is 21.1. The molecule has 10 heteroatoms. The molecule has 4 rings (SSSR count). The van der Waals surface area contributed by atoms with Crippen molar-refractivity contribution in [1.29, 1.82) is 0 Å². The van der Waals surface area contributed by atoms with Gasteiger partial charge in [0.25, 0.3) is 0 Å². The number of carbonyl (C=O) groups excluding carboxylic acids is 1. The number of urea groups is 1. The second-order valence-electron chi connectivity index (χ2n) is 10.00. The number of nitrogens with two attached hydrogens (primary N) is 1. The largest absolute Gasteiger partial charge is 0.394 e. The molecule has 0 bridgehead atoms. The van der Waals surface area contributed by atoms with Crippen LogP contribution >= 0.6 is 0 Å². The van der Waals surface area contributed by atoms with E-state index in [4.69, 9.17) is 5.73 Å². The van der Waals surface area contributed by atoms with Crippen LogP contribution in [0.15, 0.2) is 30.3 Å². The van der Waals surface area contributed by atoms with Gasteiger partial charge in [0, 0.05) is 17.3 Å². The third kappa shape index (κ3) is 4.88. The van der Waals surface area contributed by atoms with Crippen LogP contribution in [0.3, 0.4) is 0 Å². The van der Waals surface area contributed by atoms with E-state index in [1.54, 1.807) is 44.2 Å². The summed E-state index contributed by atoms with van der Waals surface area (Å²) in [6.45, 7) is 3.24. The van der Waals surface area contributed by atoms with Gasteiger partial charge in [0.05, 0.1) is 23.1 Å². The Labute approximate surface area is 200 Å². The van der Waals surface area contributed by atoms with E-state index in [9.17, 15) is 18.3 Å². The highest BCUT2D eigenvalue weighted by molar-refractivity contribution is 7.93. The first-order chi connectivity index (χ1) is 16.1. The van der Waals surface area contributed by atoms with Crippen LogP contribution in [-0.2, 0) is 14.6 Å². The maximum Gasteiger partial charge on any atom is 0.319 e. The number of hydrogen-bond donors (Lipinski definition) is 4. The van der Waals surface area contributed by atoms with E-state index in [0.717, 1.165) is 32.1 Å². The smallest absolute Gasteiger partial charge is 0.319 e. The fraction of sp³-hybridized carbons (Fsp3) is 0.542. The molecule has 0 saturated heterocycles. The van der Waals surface area contributed by atoms with E-state index in [1.807, 2.05) is 0 Å². The Balaban J connectivity index is 1.55. The minimum absolute atomic E-state index is 0.188. The molecule has 0 atom stereocenters. The average molecular weight is 488 g/mol. The molecule has 9 nitrogen and oxygen atoms in total. The van der Waals surface area contributed by atoms with Gasteiger partial charge in [-0.3, -0.25) is 0 Å². The van der Waals surface area contributed by atoms with Gasteiger partial charge in [0.1, 0.15) is 10.6 Å². The number of amides is 2. The zero-order valence-corrected chi connectivity index (χ0v) is 20.5. The minimum atomic E-state index is -3.37. The number of anilines is 2. The van der Waals surface area contributed by atoms with E-state index in [1.165, 1.54) is 0 Å². The zero-order chi connectivity index (χ0) is 24.6. The topological polar surface area (TPSA) is 147 Å². The predicted octanol–water partition coefficient (Wildman–Crippen LogP) is 3.35. The van der Waals surface area contributed by atoms with E-state index < -0.39 is 26.2 Å². The SMILES string of the molecule is CC(C)(CO)NC(=O)Nc1ccc(-c2nc(N)cc(C3(S(=O)(=O)C4CCCCC4)CC3)n2)cc1. The standard InChI is InChI=1S/C24H33N5O4S/c1-23(2,15-30)29-22(31)26-17-10-8-16(9-11-17)21-27-19(14-20(25)28-21)24(12-13-24)34(32,33)18-6-4-3-5-7-18/h8-11,14,18,30H,3-7,12-13,15H2,1-2H3,(H2,25,27,28)(H2,26,29,31). The number of benzene rings is 1. The van der Waals surface area contributed by atoms with Crippen LogP contribution in [-0.4, -0.2) is 46.9 Å². The Bertz CT molecular complexity index is 1150. The average Bonchev–Trinajstić information content (AvgIpc) is 3.62. The summed E-state index contributed by atoms with van der Waals surface area (Å²) in [6, 6.07) is 8.08. The van der Waals surface area contributed by atoms with Crippen molar-refractivity contribution in [2.24, 2.45) is 0 Å². The van der Waals surface area contributed by atoms with Crippen molar-refractivity contribution in [3.8, 4) is 11.4 Å². The molecule has 34 heavy (non-hydrogen) atoms. The first-order valence-corrected chi connectivity index (χ1v) is 13.3. The number of nitrogens with one attached hydrogen (secondary N) is 2. The van der Waals surface area contributed by atoms with Crippen molar-refractivity contribution >= 4 is 27.4 Å². The molecule has 0 unspecified atom stereocenters. The van der Waals surface area contributed by atoms with Crippen LogP contribution in [0.4, 0.5) is 16.3 Å². The number of aliphatic hydroxyl groups excluding tert-OH is 1. The Morgan fingerprint density at radius 3 is 2.38 bits per heavy atom. The summed E-state index contributed by atoms with van der Waals surface area (Å²) in [5.74, 6) is 0.593. The van der Waals surface area contributed by atoms with Gasteiger partial charge in [-0.2, -0.15) is 0 Å². The molecule has 2 aliphatic carbocycles. The molecule has 0 radical (unpaired) electrons. The summed E-state index contributed by atoms with van der Waals surface area (Å²) in [7, 11) is -3.37. The number of aromatic nitrogens is 2. The summed E-state index contributed by atoms with van der Waals surface area (Å²) in [5.41, 5.74) is 7.04. The lowest BCUT2D eigenvalue weighted by Crippen LogP contribution is -2.48. The molecule has 0 aliphatic heterocycles. The molecular weight excluding hydrogens is 454 g/mol. The third-order valence-electron chi connectivity index (χ3n) is 6.70. The molecule has 2 aliphatic rings. The van der Waals surface area contributed by atoms with Gasteiger partial charge in [-0.1, -0.05) is 19.3 Å². The predicted molar refractivity (Wildman–Crippen MR) is 132 cm³/mol. The third-order valence-corrected chi connectivity index (χ3v) is 9.76. The van der Waals surface area contributed by atoms with Crippen LogP contribution in [0.5, 0.6) is 0 Å². The first-order valence-electron chi connectivity index (χ1n) is 11.8. The molecule has 1 aromatic heterocycles. The van der Waals surface area contributed by atoms with Crippen molar-refractivity contribution in [1.82, 2.24) is 15.3 Å². The molecule has 5 N–H and O–H groups in total. The lowest BCUT2D eigenvalue weighted by atomic mass is 10.0. The fourth-order valence-electron chi connectivity index (χ4n) is 4.53. The molecule has 2 saturated carbocycles. The minimum Gasteiger partial charge on any atom is -0.394 e. The number of sulfone groups is 1. The highest BCUT2D eigenvalue weighted by atomic mass is 32.2. The lowest BCUT2D eigenvalue weighted by Gasteiger charge is -2.27. The highest BCUT2D eigenvalue weighted by Gasteiger charge is 2.59. The molecule has 2 fully saturated rings. The maximum atomic E-state index is 13.5.